The fourth-order valence-corrected chi connectivity index (χ4v) is 3.94. The smallest absolute Gasteiger partial charge is 0.335 e. The summed E-state index contributed by atoms with van der Waals surface area (Å²) in [6.07, 6.45) is 1.80. The number of benzene rings is 2. The van der Waals surface area contributed by atoms with E-state index in [0.717, 1.165) is 5.56 Å². The van der Waals surface area contributed by atoms with Gasteiger partial charge in [-0.3, -0.25) is 0 Å². The lowest BCUT2D eigenvalue weighted by Crippen LogP contribution is -2.43. The molecule has 1 aliphatic heterocycles. The van der Waals surface area contributed by atoms with Crippen molar-refractivity contribution in [2.75, 3.05) is 11.2 Å². The Labute approximate surface area is 182 Å². The molecule has 158 valence electrons. The van der Waals surface area contributed by atoms with Crippen molar-refractivity contribution in [3.63, 3.8) is 0 Å². The molecular formula is C22H19FN4O3S. The zero-order valence-corrected chi connectivity index (χ0v) is 17.9. The first-order valence-corrected chi connectivity index (χ1v) is 10.7. The van der Waals surface area contributed by atoms with Crippen LogP contribution in [-0.2, 0) is 6.54 Å². The predicted molar refractivity (Wildman–Crippen MR) is 116 cm³/mol. The molecule has 3 aromatic rings. The minimum absolute atomic E-state index is 0.119. The summed E-state index contributed by atoms with van der Waals surface area (Å²) in [6.45, 7) is 3.71. The number of amides is 2. The third-order valence-corrected chi connectivity index (χ3v) is 5.68. The fourth-order valence-electron chi connectivity index (χ4n) is 3.58. The molecule has 0 unspecified atom stereocenters. The molecule has 4 rings (SSSR count). The molecule has 0 atom stereocenters. The zero-order valence-electron chi connectivity index (χ0n) is 17.1. The number of carbonyl (C=O) groups excluding carboxylic acids is 1. The minimum atomic E-state index is -1.05. The van der Waals surface area contributed by atoms with Gasteiger partial charge in [0.1, 0.15) is 5.82 Å². The van der Waals surface area contributed by atoms with E-state index in [0.29, 0.717) is 27.5 Å². The van der Waals surface area contributed by atoms with Crippen molar-refractivity contribution in [2.24, 2.45) is 0 Å². The quantitative estimate of drug-likeness (QED) is 0.454. The van der Waals surface area contributed by atoms with E-state index < -0.39 is 17.8 Å². The Kier molecular flexibility index (Phi) is 5.36. The number of thioether (sulfide) groups is 1. The summed E-state index contributed by atoms with van der Waals surface area (Å²) in [4.78, 5) is 34.7. The second-order valence-electron chi connectivity index (χ2n) is 7.10. The highest BCUT2D eigenvalue weighted by Gasteiger charge is 2.33. The summed E-state index contributed by atoms with van der Waals surface area (Å²) in [5.41, 5.74) is 3.37. The van der Waals surface area contributed by atoms with Crippen molar-refractivity contribution in [1.82, 2.24) is 15.3 Å². The van der Waals surface area contributed by atoms with Crippen LogP contribution in [0.25, 0.3) is 11.3 Å². The second kappa shape index (κ2) is 7.99. The van der Waals surface area contributed by atoms with E-state index in [-0.39, 0.29) is 23.6 Å². The first-order valence-electron chi connectivity index (χ1n) is 9.44. The molecule has 0 spiro atoms. The Morgan fingerprint density at radius 2 is 1.97 bits per heavy atom. The van der Waals surface area contributed by atoms with Gasteiger partial charge in [-0.2, -0.15) is 0 Å². The number of nitrogens with one attached hydrogen (secondary N) is 1. The highest BCUT2D eigenvalue weighted by Crippen LogP contribution is 2.39. The summed E-state index contributed by atoms with van der Waals surface area (Å²) in [6, 6.07) is 8.90. The molecule has 7 nitrogen and oxygen atoms in total. The number of fused-ring (bicyclic) bond motifs is 1. The third-order valence-electron chi connectivity index (χ3n) is 5.13. The number of carbonyl (C=O) groups is 2. The molecule has 0 saturated heterocycles. The van der Waals surface area contributed by atoms with Crippen molar-refractivity contribution in [2.45, 2.75) is 25.5 Å². The number of hydrogen-bond acceptors (Lipinski definition) is 5. The third kappa shape index (κ3) is 3.61. The number of aromatic nitrogens is 2. The maximum absolute atomic E-state index is 14.8. The lowest BCUT2D eigenvalue weighted by atomic mass is 9.98. The van der Waals surface area contributed by atoms with Gasteiger partial charge in [-0.05, 0) is 49.4 Å². The molecule has 2 amide bonds. The number of anilines is 2. The van der Waals surface area contributed by atoms with E-state index in [4.69, 9.17) is 0 Å². The normalized spacial score (nSPS) is 13.0. The van der Waals surface area contributed by atoms with Gasteiger partial charge in [0.05, 0.1) is 23.5 Å². The molecule has 0 fully saturated rings. The van der Waals surface area contributed by atoms with Crippen LogP contribution in [0.2, 0.25) is 0 Å². The molecule has 0 aliphatic carbocycles. The minimum Gasteiger partial charge on any atom is -0.478 e. The number of carboxylic acid groups (broad SMARTS) is 1. The molecule has 2 heterocycles. The highest BCUT2D eigenvalue weighted by molar-refractivity contribution is 7.98. The molecule has 0 bridgehead atoms. The number of hydrogen-bond donors (Lipinski definition) is 2. The van der Waals surface area contributed by atoms with Gasteiger partial charge in [0.2, 0.25) is 0 Å². The molecule has 31 heavy (non-hydrogen) atoms. The number of nitrogens with zero attached hydrogens (tertiary/aromatic N) is 3. The van der Waals surface area contributed by atoms with Gasteiger partial charge in [0, 0.05) is 11.1 Å². The van der Waals surface area contributed by atoms with Crippen LogP contribution in [0.5, 0.6) is 0 Å². The van der Waals surface area contributed by atoms with Gasteiger partial charge < -0.3 is 10.4 Å². The summed E-state index contributed by atoms with van der Waals surface area (Å²) in [7, 11) is 0. The molecule has 1 aromatic heterocycles. The summed E-state index contributed by atoms with van der Waals surface area (Å²) >= 11 is 1.28. The van der Waals surface area contributed by atoms with Crippen molar-refractivity contribution in [3.8, 4) is 11.3 Å². The second-order valence-corrected chi connectivity index (χ2v) is 7.87. The lowest BCUT2D eigenvalue weighted by Gasteiger charge is -2.31. The Hall–Kier alpha value is -3.46. The van der Waals surface area contributed by atoms with E-state index in [1.54, 1.807) is 37.4 Å². The average molecular weight is 438 g/mol. The fraction of sp³-hybridized carbons (Fsp3) is 0.182. The van der Waals surface area contributed by atoms with Crippen molar-refractivity contribution < 1.29 is 19.1 Å². The molecule has 2 aromatic carbocycles. The van der Waals surface area contributed by atoms with Crippen LogP contribution in [0.1, 0.15) is 27.0 Å². The average Bonchev–Trinajstić information content (AvgIpc) is 2.74. The monoisotopic (exact) mass is 438 g/mol. The predicted octanol–water partition coefficient (Wildman–Crippen LogP) is 4.68. The number of aromatic carboxylic acids is 1. The number of aryl methyl sites for hydroxylation is 2. The summed E-state index contributed by atoms with van der Waals surface area (Å²) in [5.74, 6) is -1.31. The Balaban J connectivity index is 2.01. The van der Waals surface area contributed by atoms with Crippen molar-refractivity contribution in [3.05, 3.63) is 64.5 Å². The van der Waals surface area contributed by atoms with E-state index in [2.05, 4.69) is 15.3 Å². The molecule has 1 aliphatic rings. The number of rotatable bonds is 4. The van der Waals surface area contributed by atoms with Crippen LogP contribution < -0.4 is 10.2 Å². The summed E-state index contributed by atoms with van der Waals surface area (Å²) in [5, 5.41) is 12.6. The van der Waals surface area contributed by atoms with Crippen LogP contribution in [0.3, 0.4) is 0 Å². The molecule has 9 heteroatoms. The topological polar surface area (TPSA) is 95.4 Å². The Morgan fingerprint density at radius 3 is 2.65 bits per heavy atom. The van der Waals surface area contributed by atoms with Crippen LogP contribution in [0.4, 0.5) is 20.7 Å². The molecule has 2 N–H and O–H groups in total. The van der Waals surface area contributed by atoms with E-state index in [9.17, 15) is 19.1 Å². The maximum atomic E-state index is 14.8. The summed E-state index contributed by atoms with van der Waals surface area (Å²) < 4.78 is 14.8. The number of para-hydroxylation sites is 1. The lowest BCUT2D eigenvalue weighted by molar-refractivity contribution is 0.0697. The van der Waals surface area contributed by atoms with Crippen LogP contribution in [-0.4, -0.2) is 33.3 Å². The molecular weight excluding hydrogens is 419 g/mol. The zero-order chi connectivity index (χ0) is 22.3. The van der Waals surface area contributed by atoms with Gasteiger partial charge in [-0.25, -0.2) is 28.8 Å². The first-order chi connectivity index (χ1) is 14.8. The SMILES string of the molecule is CSc1nc(-c2cc(C(=O)O)ccc2C)c2c(n1)N(c1c(C)cccc1F)C(=O)NC2. The highest BCUT2D eigenvalue weighted by atomic mass is 32.2. The van der Waals surface area contributed by atoms with Crippen LogP contribution >= 0.6 is 11.8 Å². The van der Waals surface area contributed by atoms with Gasteiger partial charge in [0.15, 0.2) is 11.0 Å². The van der Waals surface area contributed by atoms with Gasteiger partial charge >= 0.3 is 12.0 Å². The molecule has 0 saturated carbocycles. The van der Waals surface area contributed by atoms with E-state index in [1.807, 2.05) is 6.92 Å². The standard InChI is InChI=1S/C22H19FN4O3S/c1-11-7-8-13(20(28)29)9-14(11)17-15-10-24-22(30)27(19(15)26-21(25-17)31-3)18-12(2)5-4-6-16(18)23/h4-9H,10H2,1-3H3,(H,24,30)(H,28,29). The van der Waals surface area contributed by atoms with Crippen molar-refractivity contribution in [1.29, 1.82) is 0 Å². The first kappa shape index (κ1) is 20.8. The molecule has 0 radical (unpaired) electrons. The van der Waals surface area contributed by atoms with Gasteiger partial charge in [0.25, 0.3) is 0 Å². The number of urea groups is 1. The van der Waals surface area contributed by atoms with Crippen LogP contribution in [0, 0.1) is 19.7 Å². The maximum Gasteiger partial charge on any atom is 0.335 e. The van der Waals surface area contributed by atoms with Gasteiger partial charge in [-0.15, -0.1) is 0 Å². The van der Waals surface area contributed by atoms with E-state index >= 15 is 0 Å². The van der Waals surface area contributed by atoms with E-state index in [1.165, 1.54) is 28.8 Å². The number of carboxylic acids is 1. The Bertz CT molecular complexity index is 1210. The van der Waals surface area contributed by atoms with Gasteiger partial charge in [-0.1, -0.05) is 30.0 Å². The Morgan fingerprint density at radius 1 is 1.19 bits per heavy atom. The largest absolute Gasteiger partial charge is 0.478 e. The van der Waals surface area contributed by atoms with Crippen molar-refractivity contribution >= 4 is 35.3 Å². The van der Waals surface area contributed by atoms with Crippen LogP contribution in [0.15, 0.2) is 41.6 Å². The number of halogens is 1.